The molecule has 0 bridgehead atoms. The van der Waals surface area contributed by atoms with Crippen molar-refractivity contribution < 1.29 is 12.8 Å². The Morgan fingerprint density at radius 3 is 2.43 bits per heavy atom. The van der Waals surface area contributed by atoms with E-state index in [2.05, 4.69) is 22.5 Å². The molecule has 1 aromatic rings. The van der Waals surface area contributed by atoms with E-state index < -0.39 is 21.4 Å². The third kappa shape index (κ3) is 3.91. The minimum atomic E-state index is -4.01. The van der Waals surface area contributed by atoms with Gasteiger partial charge in [0.2, 0.25) is 10.0 Å². The summed E-state index contributed by atoms with van der Waals surface area (Å²) >= 11 is 3.19. The van der Waals surface area contributed by atoms with Crippen LogP contribution in [0.4, 0.5) is 4.39 Å². The lowest BCUT2D eigenvalue weighted by Gasteiger charge is -2.33. The summed E-state index contributed by atoms with van der Waals surface area (Å²) in [5, 5.41) is 0. The van der Waals surface area contributed by atoms with Crippen molar-refractivity contribution in [3.05, 3.63) is 40.6 Å². The van der Waals surface area contributed by atoms with Crippen LogP contribution in [0.3, 0.4) is 0 Å². The number of sulfonamides is 1. The number of hydrogen-bond acceptors (Lipinski definition) is 3. The fourth-order valence-electron chi connectivity index (χ4n) is 1.92. The predicted octanol–water partition coefficient (Wildman–Crippen LogP) is 3.02. The molecule has 0 spiro atoms. The zero-order chi connectivity index (χ0) is 16.4. The molecule has 1 aromatic carbocycles. The topological polar surface area (TPSA) is 63.4 Å². The summed E-state index contributed by atoms with van der Waals surface area (Å²) in [5.74, 6) is -0.806. The van der Waals surface area contributed by atoms with Crippen LogP contribution in [0.2, 0.25) is 0 Å². The SMILES string of the molecule is C=CCN(C(C)(C)C)S(=O)(=O)c1cc(Br)cc(CN)c1F. The number of benzene rings is 1. The van der Waals surface area contributed by atoms with Crippen LogP contribution in [0.15, 0.2) is 34.2 Å². The minimum absolute atomic E-state index is 0.0786. The lowest BCUT2D eigenvalue weighted by atomic mass is 10.1. The first-order valence-corrected chi connectivity index (χ1v) is 8.60. The molecule has 0 radical (unpaired) electrons. The summed E-state index contributed by atoms with van der Waals surface area (Å²) in [6.45, 7) is 8.81. The molecule has 0 saturated carbocycles. The van der Waals surface area contributed by atoms with Gasteiger partial charge < -0.3 is 5.73 Å². The van der Waals surface area contributed by atoms with Crippen molar-refractivity contribution in [1.29, 1.82) is 0 Å². The minimum Gasteiger partial charge on any atom is -0.326 e. The van der Waals surface area contributed by atoms with Crippen molar-refractivity contribution in [2.45, 2.75) is 37.8 Å². The second kappa shape index (κ2) is 6.56. The van der Waals surface area contributed by atoms with E-state index in [1.54, 1.807) is 20.8 Å². The van der Waals surface area contributed by atoms with Crippen molar-refractivity contribution in [2.75, 3.05) is 6.54 Å². The molecule has 0 atom stereocenters. The van der Waals surface area contributed by atoms with E-state index in [1.165, 1.54) is 22.5 Å². The highest BCUT2D eigenvalue weighted by molar-refractivity contribution is 9.10. The number of halogens is 2. The number of nitrogens with zero attached hydrogens (tertiary/aromatic N) is 1. The van der Waals surface area contributed by atoms with Gasteiger partial charge in [-0.2, -0.15) is 4.31 Å². The maximum atomic E-state index is 14.4. The third-order valence-corrected chi connectivity index (χ3v) is 5.50. The van der Waals surface area contributed by atoms with Crippen molar-refractivity contribution >= 4 is 26.0 Å². The number of hydrogen-bond donors (Lipinski definition) is 1. The van der Waals surface area contributed by atoms with Gasteiger partial charge in [-0.3, -0.25) is 0 Å². The van der Waals surface area contributed by atoms with Gasteiger partial charge in [0.1, 0.15) is 10.7 Å². The molecule has 0 heterocycles. The monoisotopic (exact) mass is 378 g/mol. The molecular weight excluding hydrogens is 359 g/mol. The van der Waals surface area contributed by atoms with Gasteiger partial charge in [0.15, 0.2) is 0 Å². The van der Waals surface area contributed by atoms with Crippen LogP contribution in [0, 0.1) is 5.82 Å². The molecule has 21 heavy (non-hydrogen) atoms. The molecular formula is C14H20BrFN2O2S. The zero-order valence-electron chi connectivity index (χ0n) is 12.4. The van der Waals surface area contributed by atoms with Crippen molar-refractivity contribution in [2.24, 2.45) is 5.73 Å². The lowest BCUT2D eigenvalue weighted by molar-refractivity contribution is 0.269. The van der Waals surface area contributed by atoms with E-state index in [0.717, 1.165) is 0 Å². The second-order valence-corrected chi connectivity index (χ2v) is 8.32. The van der Waals surface area contributed by atoms with Crippen molar-refractivity contribution in [3.63, 3.8) is 0 Å². The maximum Gasteiger partial charge on any atom is 0.246 e. The first-order chi connectivity index (χ1) is 9.55. The summed E-state index contributed by atoms with van der Waals surface area (Å²) < 4.78 is 41.7. The molecule has 0 amide bonds. The Morgan fingerprint density at radius 2 is 2.00 bits per heavy atom. The first kappa shape index (κ1) is 18.3. The van der Waals surface area contributed by atoms with Crippen LogP contribution in [0.25, 0.3) is 0 Å². The zero-order valence-corrected chi connectivity index (χ0v) is 14.8. The van der Waals surface area contributed by atoms with Gasteiger partial charge in [-0.1, -0.05) is 22.0 Å². The van der Waals surface area contributed by atoms with E-state index in [-0.39, 0.29) is 23.5 Å². The summed E-state index contributed by atoms with van der Waals surface area (Å²) in [6.07, 6.45) is 1.47. The Bertz CT molecular complexity index is 639. The van der Waals surface area contributed by atoms with Gasteiger partial charge in [-0.05, 0) is 32.9 Å². The molecule has 4 nitrogen and oxygen atoms in total. The van der Waals surface area contributed by atoms with Crippen LogP contribution in [-0.2, 0) is 16.6 Å². The highest BCUT2D eigenvalue weighted by Crippen LogP contribution is 2.30. The normalized spacial score (nSPS) is 12.7. The molecule has 0 aromatic heterocycles. The van der Waals surface area contributed by atoms with Crippen LogP contribution < -0.4 is 5.73 Å². The van der Waals surface area contributed by atoms with Gasteiger partial charge in [0, 0.05) is 28.7 Å². The quantitative estimate of drug-likeness (QED) is 0.800. The van der Waals surface area contributed by atoms with E-state index in [1.807, 2.05) is 0 Å². The highest BCUT2D eigenvalue weighted by atomic mass is 79.9. The van der Waals surface area contributed by atoms with Crippen LogP contribution in [-0.4, -0.2) is 24.8 Å². The fourth-order valence-corrected chi connectivity index (χ4v) is 4.47. The van der Waals surface area contributed by atoms with Gasteiger partial charge in [0.25, 0.3) is 0 Å². The molecule has 0 aliphatic rings. The maximum absolute atomic E-state index is 14.4. The Kier molecular flexibility index (Phi) is 5.71. The smallest absolute Gasteiger partial charge is 0.246 e. The van der Waals surface area contributed by atoms with Crippen LogP contribution >= 0.6 is 15.9 Å². The molecule has 0 unspecified atom stereocenters. The Morgan fingerprint density at radius 1 is 1.43 bits per heavy atom. The first-order valence-electron chi connectivity index (χ1n) is 6.37. The molecule has 118 valence electrons. The van der Waals surface area contributed by atoms with Crippen molar-refractivity contribution in [3.8, 4) is 0 Å². The Labute approximate surface area is 134 Å². The summed E-state index contributed by atoms with van der Waals surface area (Å²) in [4.78, 5) is -0.380. The largest absolute Gasteiger partial charge is 0.326 e. The van der Waals surface area contributed by atoms with E-state index in [9.17, 15) is 12.8 Å². The van der Waals surface area contributed by atoms with Crippen molar-refractivity contribution in [1.82, 2.24) is 4.31 Å². The second-order valence-electron chi connectivity index (χ2n) is 5.58. The molecule has 2 N–H and O–H groups in total. The van der Waals surface area contributed by atoms with E-state index >= 15 is 0 Å². The highest BCUT2D eigenvalue weighted by Gasteiger charge is 2.35. The van der Waals surface area contributed by atoms with E-state index in [4.69, 9.17) is 5.73 Å². The van der Waals surface area contributed by atoms with Crippen LogP contribution in [0.1, 0.15) is 26.3 Å². The van der Waals surface area contributed by atoms with Gasteiger partial charge in [0.05, 0.1) is 0 Å². The lowest BCUT2D eigenvalue weighted by Crippen LogP contribution is -2.45. The standard InChI is InChI=1S/C14H20BrFN2O2S/c1-5-6-18(14(2,3)4)21(19,20)12-8-11(15)7-10(9-17)13(12)16/h5,7-8H,1,6,9,17H2,2-4H3. The average Bonchev–Trinajstić information content (AvgIpc) is 2.36. The molecule has 0 aliphatic carbocycles. The molecule has 0 fully saturated rings. The average molecular weight is 379 g/mol. The Hall–Kier alpha value is -0.760. The third-order valence-electron chi connectivity index (χ3n) is 2.91. The molecule has 7 heteroatoms. The summed E-state index contributed by atoms with van der Waals surface area (Å²) in [5.41, 5.74) is 4.91. The molecule has 0 saturated heterocycles. The number of rotatable bonds is 5. The van der Waals surface area contributed by atoms with Gasteiger partial charge in [-0.15, -0.1) is 6.58 Å². The fraction of sp³-hybridized carbons (Fsp3) is 0.429. The number of nitrogens with two attached hydrogens (primary N) is 1. The molecule has 1 rings (SSSR count). The predicted molar refractivity (Wildman–Crippen MR) is 85.8 cm³/mol. The Balaban J connectivity index is 3.56. The van der Waals surface area contributed by atoms with Crippen LogP contribution in [0.5, 0.6) is 0 Å². The van der Waals surface area contributed by atoms with E-state index in [0.29, 0.717) is 4.47 Å². The van der Waals surface area contributed by atoms with Gasteiger partial charge in [-0.25, -0.2) is 12.8 Å². The van der Waals surface area contributed by atoms with Gasteiger partial charge >= 0.3 is 0 Å². The summed E-state index contributed by atoms with van der Waals surface area (Å²) in [6, 6.07) is 2.73. The molecule has 0 aliphatic heterocycles. The summed E-state index contributed by atoms with van der Waals surface area (Å²) in [7, 11) is -4.01.